The minimum Gasteiger partial charge on any atom is -0.494 e. The van der Waals surface area contributed by atoms with Crippen LogP contribution in [0.15, 0.2) is 66.7 Å². The lowest BCUT2D eigenvalue weighted by molar-refractivity contribution is -0.139. The number of aromatic nitrogens is 2. The van der Waals surface area contributed by atoms with Crippen LogP contribution in [0.3, 0.4) is 0 Å². The van der Waals surface area contributed by atoms with Crippen molar-refractivity contribution in [3.05, 3.63) is 99.6 Å². The van der Waals surface area contributed by atoms with E-state index in [9.17, 15) is 14.4 Å². The third-order valence-electron chi connectivity index (χ3n) is 11.3. The van der Waals surface area contributed by atoms with E-state index in [0.717, 1.165) is 94.4 Å². The highest BCUT2D eigenvalue weighted by Gasteiger charge is 2.44. The topological polar surface area (TPSA) is 134 Å². The molecule has 1 saturated carbocycles. The van der Waals surface area contributed by atoms with Crippen molar-refractivity contribution in [3.63, 3.8) is 0 Å². The molecule has 3 aromatic carbocycles. The van der Waals surface area contributed by atoms with Gasteiger partial charge in [0.1, 0.15) is 5.75 Å². The molecular formula is C44H45N5O6S2. The van der Waals surface area contributed by atoms with Crippen molar-refractivity contribution in [1.29, 1.82) is 0 Å². The summed E-state index contributed by atoms with van der Waals surface area (Å²) in [5, 5.41) is 13.4. The van der Waals surface area contributed by atoms with E-state index in [2.05, 4.69) is 38.0 Å². The minimum atomic E-state index is -0.679. The van der Waals surface area contributed by atoms with Crippen LogP contribution in [0.25, 0.3) is 10.2 Å². The first-order valence-corrected chi connectivity index (χ1v) is 21.1. The molecule has 5 aromatic rings. The van der Waals surface area contributed by atoms with Crippen LogP contribution in [0.1, 0.15) is 80.9 Å². The maximum Gasteiger partial charge on any atom is 0.357 e. The number of aliphatic carboxylic acids is 1. The van der Waals surface area contributed by atoms with E-state index in [1.165, 1.54) is 29.8 Å². The van der Waals surface area contributed by atoms with Gasteiger partial charge in [-0.1, -0.05) is 47.4 Å². The number of aryl methyl sites for hydroxylation is 1. The number of ether oxygens (including phenoxy) is 2. The number of carboxylic acid groups (broad SMARTS) is 1. The first kappa shape index (κ1) is 38.6. The van der Waals surface area contributed by atoms with Gasteiger partial charge in [0.05, 0.1) is 30.5 Å². The minimum absolute atomic E-state index is 0.197. The number of anilines is 2. The monoisotopic (exact) mass is 803 g/mol. The van der Waals surface area contributed by atoms with Gasteiger partial charge in [-0.3, -0.25) is 19.8 Å². The van der Waals surface area contributed by atoms with Gasteiger partial charge in [-0.05, 0) is 110 Å². The Balaban J connectivity index is 0.825. The van der Waals surface area contributed by atoms with Crippen LogP contribution in [0.4, 0.5) is 10.3 Å². The average Bonchev–Trinajstić information content (AvgIpc) is 3.83. The summed E-state index contributed by atoms with van der Waals surface area (Å²) in [5.74, 6) is 6.34. The van der Waals surface area contributed by atoms with Gasteiger partial charge in [-0.15, -0.1) is 11.3 Å². The average molecular weight is 804 g/mol. The number of hydrogen-bond donors (Lipinski definition) is 2. The van der Waals surface area contributed by atoms with Crippen molar-refractivity contribution < 1.29 is 29.0 Å². The van der Waals surface area contributed by atoms with Crippen molar-refractivity contribution in [3.8, 4) is 17.6 Å². The molecule has 2 aromatic heterocycles. The van der Waals surface area contributed by atoms with E-state index < -0.39 is 11.9 Å². The third kappa shape index (κ3) is 8.99. The van der Waals surface area contributed by atoms with E-state index in [4.69, 9.17) is 19.6 Å². The Labute approximate surface area is 340 Å². The second-order valence-electron chi connectivity index (χ2n) is 15.3. The van der Waals surface area contributed by atoms with Crippen molar-refractivity contribution in [1.82, 2.24) is 14.9 Å². The molecule has 1 aliphatic carbocycles. The molecule has 1 saturated heterocycles. The number of rotatable bonds is 12. The van der Waals surface area contributed by atoms with E-state index in [0.29, 0.717) is 66.7 Å². The zero-order chi connectivity index (χ0) is 39.4. The summed E-state index contributed by atoms with van der Waals surface area (Å²) in [6.45, 7) is 4.52. The van der Waals surface area contributed by atoms with Crippen molar-refractivity contribution >= 4 is 61.0 Å². The van der Waals surface area contributed by atoms with Gasteiger partial charge in [0.2, 0.25) is 0 Å². The van der Waals surface area contributed by atoms with Crippen LogP contribution in [-0.4, -0.2) is 77.7 Å². The summed E-state index contributed by atoms with van der Waals surface area (Å²) in [5.41, 5.74) is 5.16. The number of carboxylic acids is 1. The van der Waals surface area contributed by atoms with Gasteiger partial charge in [-0.25, -0.2) is 14.8 Å². The number of para-hydroxylation sites is 1. The molecule has 1 amide bonds. The number of esters is 1. The number of carbonyl (C=O) groups excluding carboxylic acids is 2. The highest BCUT2D eigenvalue weighted by molar-refractivity contribution is 7.22. The molecule has 2 N–H and O–H groups in total. The van der Waals surface area contributed by atoms with E-state index in [1.54, 1.807) is 0 Å². The molecule has 2 fully saturated rings. The zero-order valence-electron chi connectivity index (χ0n) is 31.9. The predicted octanol–water partition coefficient (Wildman–Crippen LogP) is 7.68. The standard InChI is InChI=1S/C44H45N5O6S2/c1-54-41(53)39-37(12-6-24-55-32-15-13-29(14-16-32)7-5-22-48-27-44(28-48)20-17-30(18-21-44)25-38(50)51)57-43(46-39)49-23-19-31-8-4-9-33(34(31)26-49)40(52)47-42-45-35-10-2-3-11-36(35)56-42/h2-4,8-11,13-16,30H,6,12,17-28H2,1H3,(H,50,51)(H,45,47,52). The fraction of sp³-hybridized carbons (Fsp3) is 0.386. The largest absolute Gasteiger partial charge is 0.494 e. The molecule has 0 atom stereocenters. The number of nitrogens with zero attached hydrogens (tertiary/aromatic N) is 4. The van der Waals surface area contributed by atoms with Gasteiger partial charge in [-0.2, -0.15) is 0 Å². The smallest absolute Gasteiger partial charge is 0.357 e. The van der Waals surface area contributed by atoms with Crippen molar-refractivity contribution in [2.45, 2.75) is 57.9 Å². The highest BCUT2D eigenvalue weighted by atomic mass is 32.1. The molecule has 294 valence electrons. The van der Waals surface area contributed by atoms with Crippen LogP contribution >= 0.6 is 22.7 Å². The lowest BCUT2D eigenvalue weighted by Gasteiger charge is -2.53. The summed E-state index contributed by atoms with van der Waals surface area (Å²) in [6.07, 6.45) is 6.63. The Bertz CT molecular complexity index is 2290. The highest BCUT2D eigenvalue weighted by Crippen LogP contribution is 2.46. The number of carbonyl (C=O) groups is 3. The summed E-state index contributed by atoms with van der Waals surface area (Å²) < 4.78 is 12.2. The number of likely N-dealkylation sites (tertiary alicyclic amines) is 1. The van der Waals surface area contributed by atoms with E-state index >= 15 is 0 Å². The van der Waals surface area contributed by atoms with E-state index in [-0.39, 0.29) is 5.91 Å². The van der Waals surface area contributed by atoms with Crippen LogP contribution in [0.5, 0.6) is 5.75 Å². The van der Waals surface area contributed by atoms with Crippen LogP contribution in [0, 0.1) is 23.2 Å². The number of thiazole rings is 2. The van der Waals surface area contributed by atoms with Crippen LogP contribution in [-0.2, 0) is 28.9 Å². The fourth-order valence-corrected chi connectivity index (χ4v) is 10.3. The molecule has 4 heterocycles. The van der Waals surface area contributed by atoms with Gasteiger partial charge < -0.3 is 19.5 Å². The Morgan fingerprint density at radius 3 is 2.58 bits per heavy atom. The molecule has 2 aliphatic heterocycles. The number of benzene rings is 3. The molecule has 3 aliphatic rings. The van der Waals surface area contributed by atoms with Crippen molar-refractivity contribution in [2.24, 2.45) is 11.3 Å². The van der Waals surface area contributed by atoms with Gasteiger partial charge in [0.15, 0.2) is 16.0 Å². The molecule has 57 heavy (non-hydrogen) atoms. The molecule has 1 spiro atoms. The quantitative estimate of drug-likeness (QED) is 0.0735. The summed E-state index contributed by atoms with van der Waals surface area (Å²) in [4.78, 5) is 52.1. The lowest BCUT2D eigenvalue weighted by Crippen LogP contribution is -2.57. The maximum atomic E-state index is 13.5. The molecule has 0 unspecified atom stereocenters. The summed E-state index contributed by atoms with van der Waals surface area (Å²) in [6, 6.07) is 21.5. The normalized spacial score (nSPS) is 16.3. The number of amides is 1. The zero-order valence-corrected chi connectivity index (χ0v) is 33.6. The number of methoxy groups -OCH3 is 1. The van der Waals surface area contributed by atoms with Gasteiger partial charge in [0, 0.05) is 48.6 Å². The second-order valence-corrected chi connectivity index (χ2v) is 17.4. The second kappa shape index (κ2) is 17.1. The fourth-order valence-electron chi connectivity index (χ4n) is 8.33. The maximum absolute atomic E-state index is 13.5. The number of hydrogen-bond acceptors (Lipinski definition) is 11. The molecule has 0 bridgehead atoms. The molecular weight excluding hydrogens is 759 g/mol. The number of nitrogens with one attached hydrogen (secondary N) is 1. The van der Waals surface area contributed by atoms with Crippen LogP contribution in [0.2, 0.25) is 0 Å². The van der Waals surface area contributed by atoms with Crippen LogP contribution < -0.4 is 15.0 Å². The lowest BCUT2D eigenvalue weighted by atomic mass is 9.65. The third-order valence-corrected chi connectivity index (χ3v) is 13.4. The molecule has 13 heteroatoms. The van der Waals surface area contributed by atoms with Gasteiger partial charge in [0.25, 0.3) is 5.91 Å². The predicted molar refractivity (Wildman–Crippen MR) is 222 cm³/mol. The van der Waals surface area contributed by atoms with Gasteiger partial charge >= 0.3 is 11.9 Å². The first-order chi connectivity index (χ1) is 27.7. The summed E-state index contributed by atoms with van der Waals surface area (Å²) >= 11 is 2.94. The number of fused-ring (bicyclic) bond motifs is 2. The Hall–Kier alpha value is -5.29. The summed E-state index contributed by atoms with van der Waals surface area (Å²) in [7, 11) is 1.37. The molecule has 0 radical (unpaired) electrons. The Kier molecular flexibility index (Phi) is 11.5. The Morgan fingerprint density at radius 2 is 1.81 bits per heavy atom. The van der Waals surface area contributed by atoms with Crippen molar-refractivity contribution in [2.75, 3.05) is 50.1 Å². The molecule has 11 nitrogen and oxygen atoms in total. The van der Waals surface area contributed by atoms with E-state index in [1.807, 2.05) is 60.7 Å². The Morgan fingerprint density at radius 1 is 1.00 bits per heavy atom. The first-order valence-electron chi connectivity index (χ1n) is 19.5. The SMILES string of the molecule is COC(=O)c1nc(N2CCc3cccc(C(=O)Nc4nc5ccccc5s4)c3C2)sc1CCCOc1ccc(C#CCN2CC3(CCC(CC(=O)O)CC3)C2)cc1. The molecule has 8 rings (SSSR count).